The average molecular weight is 412 g/mol. The van der Waals surface area contributed by atoms with Crippen molar-refractivity contribution in [1.29, 1.82) is 0 Å². The predicted molar refractivity (Wildman–Crippen MR) is 108 cm³/mol. The lowest BCUT2D eigenvalue weighted by Crippen LogP contribution is -2.38. The molecular weight excluding hydrogens is 381 g/mol. The van der Waals surface area contributed by atoms with Crippen LogP contribution in [0.25, 0.3) is 0 Å². The summed E-state index contributed by atoms with van der Waals surface area (Å²) in [4.78, 5) is 14.0. The van der Waals surface area contributed by atoms with Crippen molar-refractivity contribution in [3.05, 3.63) is 23.8 Å². The summed E-state index contributed by atoms with van der Waals surface area (Å²) in [7, 11) is 0. The van der Waals surface area contributed by atoms with Crippen LogP contribution in [0.15, 0.2) is 18.2 Å². The van der Waals surface area contributed by atoms with Gasteiger partial charge in [0.05, 0.1) is 23.9 Å². The van der Waals surface area contributed by atoms with Crippen LogP contribution in [-0.2, 0) is 9.53 Å². The minimum absolute atomic E-state index is 0.0642. The molecule has 0 aromatic heterocycles. The molecule has 2 aliphatic carbocycles. The van der Waals surface area contributed by atoms with Gasteiger partial charge in [-0.1, -0.05) is 25.3 Å². The van der Waals surface area contributed by atoms with Gasteiger partial charge in [0.15, 0.2) is 0 Å². The van der Waals surface area contributed by atoms with E-state index in [2.05, 4.69) is 4.90 Å². The topological polar surface area (TPSA) is 55.6 Å². The van der Waals surface area contributed by atoms with E-state index in [0.717, 1.165) is 43.4 Å². The number of rotatable bonds is 8. The molecule has 29 heavy (non-hydrogen) atoms. The van der Waals surface area contributed by atoms with Gasteiger partial charge in [-0.2, -0.15) is 13.2 Å². The molecule has 162 valence electrons. The highest BCUT2D eigenvalue weighted by Gasteiger charge is 2.45. The third kappa shape index (κ3) is 5.80. The number of anilines is 2. The summed E-state index contributed by atoms with van der Waals surface area (Å²) >= 11 is 0. The Morgan fingerprint density at radius 1 is 1.24 bits per heavy atom. The summed E-state index contributed by atoms with van der Waals surface area (Å²) < 4.78 is 43.1. The first kappa shape index (κ1) is 21.8. The van der Waals surface area contributed by atoms with Crippen LogP contribution in [-0.4, -0.2) is 31.3 Å². The molecule has 0 unspecified atom stereocenters. The molecule has 0 heterocycles. The van der Waals surface area contributed by atoms with Crippen LogP contribution in [0.1, 0.15) is 69.8 Å². The molecule has 4 nitrogen and oxygen atoms in total. The third-order valence-corrected chi connectivity index (χ3v) is 6.04. The van der Waals surface area contributed by atoms with Crippen molar-refractivity contribution in [2.45, 2.75) is 76.4 Å². The van der Waals surface area contributed by atoms with E-state index in [1.165, 1.54) is 6.42 Å². The quantitative estimate of drug-likeness (QED) is 0.458. The van der Waals surface area contributed by atoms with Crippen LogP contribution >= 0.6 is 0 Å². The van der Waals surface area contributed by atoms with Crippen molar-refractivity contribution in [3.8, 4) is 0 Å². The molecule has 2 aliphatic rings. The second-order valence-corrected chi connectivity index (χ2v) is 8.22. The molecule has 0 radical (unpaired) electrons. The summed E-state index contributed by atoms with van der Waals surface area (Å²) in [5.41, 5.74) is 8.75. The lowest BCUT2D eigenvalue weighted by Gasteiger charge is -2.37. The highest BCUT2D eigenvalue weighted by Crippen LogP contribution is 2.49. The Bertz CT molecular complexity index is 702. The first-order valence-corrected chi connectivity index (χ1v) is 10.7. The van der Waals surface area contributed by atoms with Gasteiger partial charge in [0, 0.05) is 19.0 Å². The first-order chi connectivity index (χ1) is 13.8. The SMILES string of the molecule is CCOC(=O)[C@@H]1C[C@@H]1c1ccc(N(CCCC(F)(F)F)C2CCCCC2)c(N)c1. The molecular formula is C22H31F3N2O2. The molecule has 2 atom stereocenters. The number of carbonyl (C=O) groups excluding carboxylic acids is 1. The molecule has 2 saturated carbocycles. The molecule has 0 bridgehead atoms. The van der Waals surface area contributed by atoms with E-state index in [4.69, 9.17) is 10.5 Å². The van der Waals surface area contributed by atoms with Gasteiger partial charge in [-0.05, 0) is 56.2 Å². The van der Waals surface area contributed by atoms with Crippen molar-refractivity contribution in [2.24, 2.45) is 5.92 Å². The van der Waals surface area contributed by atoms with Crippen molar-refractivity contribution in [2.75, 3.05) is 23.8 Å². The summed E-state index contributed by atoms with van der Waals surface area (Å²) in [6.07, 6.45) is 1.26. The maximum atomic E-state index is 12.7. The Morgan fingerprint density at radius 3 is 2.59 bits per heavy atom. The molecule has 3 rings (SSSR count). The smallest absolute Gasteiger partial charge is 0.389 e. The average Bonchev–Trinajstić information content (AvgIpc) is 3.47. The molecule has 7 heteroatoms. The van der Waals surface area contributed by atoms with Crippen LogP contribution in [0.5, 0.6) is 0 Å². The lowest BCUT2D eigenvalue weighted by atomic mass is 9.93. The molecule has 2 fully saturated rings. The highest BCUT2D eigenvalue weighted by atomic mass is 19.4. The number of halogens is 3. The summed E-state index contributed by atoms with van der Waals surface area (Å²) in [6, 6.07) is 6.01. The van der Waals surface area contributed by atoms with Crippen molar-refractivity contribution < 1.29 is 22.7 Å². The highest BCUT2D eigenvalue weighted by molar-refractivity contribution is 5.78. The zero-order valence-electron chi connectivity index (χ0n) is 17.0. The minimum Gasteiger partial charge on any atom is -0.466 e. The third-order valence-electron chi connectivity index (χ3n) is 6.04. The standard InChI is InChI=1S/C22H31F3N2O2/c1-2-29-21(28)18-14-17(18)15-9-10-20(19(26)13-15)27(12-6-11-22(23,24)25)16-7-4-3-5-8-16/h9-10,13,16-18H,2-8,11-12,14,26H2,1H3/t17-,18-/m1/s1. The summed E-state index contributed by atoms with van der Waals surface area (Å²) in [5, 5.41) is 0. The number of carbonyl (C=O) groups is 1. The number of benzene rings is 1. The first-order valence-electron chi connectivity index (χ1n) is 10.7. The van der Waals surface area contributed by atoms with E-state index in [1.54, 1.807) is 6.92 Å². The van der Waals surface area contributed by atoms with Gasteiger partial charge < -0.3 is 15.4 Å². The second kappa shape index (κ2) is 9.26. The van der Waals surface area contributed by atoms with Gasteiger partial charge in [0.1, 0.15) is 0 Å². The van der Waals surface area contributed by atoms with E-state index in [-0.39, 0.29) is 30.3 Å². The number of hydrogen-bond donors (Lipinski definition) is 1. The number of nitrogen functional groups attached to an aromatic ring is 1. The minimum atomic E-state index is -4.14. The summed E-state index contributed by atoms with van der Waals surface area (Å²) in [5.74, 6) is -0.156. The Balaban J connectivity index is 1.72. The van der Waals surface area contributed by atoms with E-state index in [0.29, 0.717) is 18.8 Å². The number of ether oxygens (including phenoxy) is 1. The summed E-state index contributed by atoms with van der Waals surface area (Å²) in [6.45, 7) is 2.51. The van der Waals surface area contributed by atoms with Crippen LogP contribution < -0.4 is 10.6 Å². The fourth-order valence-electron chi connectivity index (χ4n) is 4.48. The zero-order chi connectivity index (χ0) is 21.0. The Hall–Kier alpha value is -1.92. The van der Waals surface area contributed by atoms with Crippen LogP contribution in [0.4, 0.5) is 24.5 Å². The van der Waals surface area contributed by atoms with Crippen molar-refractivity contribution >= 4 is 17.3 Å². The van der Waals surface area contributed by atoms with Crippen LogP contribution in [0, 0.1) is 5.92 Å². The lowest BCUT2D eigenvalue weighted by molar-refractivity contribution is -0.144. The maximum Gasteiger partial charge on any atom is 0.389 e. The number of nitrogens with zero attached hydrogens (tertiary/aromatic N) is 1. The van der Waals surface area contributed by atoms with Crippen LogP contribution in [0.3, 0.4) is 0 Å². The number of esters is 1. The number of hydrogen-bond acceptors (Lipinski definition) is 4. The number of nitrogens with two attached hydrogens (primary N) is 1. The van der Waals surface area contributed by atoms with Gasteiger partial charge in [-0.15, -0.1) is 0 Å². The fourth-order valence-corrected chi connectivity index (χ4v) is 4.48. The van der Waals surface area contributed by atoms with E-state index < -0.39 is 12.6 Å². The maximum absolute atomic E-state index is 12.7. The Morgan fingerprint density at radius 2 is 1.97 bits per heavy atom. The van der Waals surface area contributed by atoms with Crippen molar-refractivity contribution in [3.63, 3.8) is 0 Å². The largest absolute Gasteiger partial charge is 0.466 e. The van der Waals surface area contributed by atoms with Gasteiger partial charge in [0.25, 0.3) is 0 Å². The molecule has 0 aliphatic heterocycles. The molecule has 0 spiro atoms. The molecule has 1 aromatic carbocycles. The van der Waals surface area contributed by atoms with Gasteiger partial charge >= 0.3 is 12.1 Å². The Labute approximate surface area is 170 Å². The Kier molecular flexibility index (Phi) is 6.96. The molecule has 0 saturated heterocycles. The van der Waals surface area contributed by atoms with E-state index in [9.17, 15) is 18.0 Å². The van der Waals surface area contributed by atoms with Gasteiger partial charge in [0.2, 0.25) is 0 Å². The monoisotopic (exact) mass is 412 g/mol. The molecule has 0 amide bonds. The van der Waals surface area contributed by atoms with E-state index in [1.807, 2.05) is 18.2 Å². The second-order valence-electron chi connectivity index (χ2n) is 8.22. The normalized spacial score (nSPS) is 22.3. The molecule has 1 aromatic rings. The fraction of sp³-hybridized carbons (Fsp3) is 0.682. The van der Waals surface area contributed by atoms with Crippen LogP contribution in [0.2, 0.25) is 0 Å². The predicted octanol–water partition coefficient (Wildman–Crippen LogP) is 5.42. The van der Waals surface area contributed by atoms with Gasteiger partial charge in [-0.3, -0.25) is 4.79 Å². The van der Waals surface area contributed by atoms with E-state index >= 15 is 0 Å². The molecule has 2 N–H and O–H groups in total. The van der Waals surface area contributed by atoms with Gasteiger partial charge in [-0.25, -0.2) is 0 Å². The number of alkyl halides is 3. The van der Waals surface area contributed by atoms with Crippen molar-refractivity contribution in [1.82, 2.24) is 0 Å². The zero-order valence-corrected chi connectivity index (χ0v) is 17.0.